The lowest BCUT2D eigenvalue weighted by molar-refractivity contribution is 0.538. The summed E-state index contributed by atoms with van der Waals surface area (Å²) in [4.78, 5) is 8.76. The van der Waals surface area contributed by atoms with Crippen LogP contribution >= 0.6 is 0 Å². The number of nitrogens with one attached hydrogen (secondary N) is 2. The van der Waals surface area contributed by atoms with E-state index in [-0.39, 0.29) is 0 Å². The maximum absolute atomic E-state index is 4.39. The molecule has 0 radical (unpaired) electrons. The van der Waals surface area contributed by atoms with Gasteiger partial charge in [-0.1, -0.05) is 32.0 Å². The summed E-state index contributed by atoms with van der Waals surface area (Å²) in [6.07, 6.45) is 4.63. The Balaban J connectivity index is 1.93. The molecule has 2 rings (SSSR count). The molecule has 0 amide bonds. The topological polar surface area (TPSA) is 49.8 Å². The highest BCUT2D eigenvalue weighted by atomic mass is 15.1. The predicted octanol–water partition coefficient (Wildman–Crippen LogP) is 4.07. The van der Waals surface area contributed by atoms with Gasteiger partial charge in [-0.05, 0) is 31.4 Å². The molecule has 0 fully saturated rings. The fourth-order valence-electron chi connectivity index (χ4n) is 2.15. The Labute approximate surface area is 120 Å². The van der Waals surface area contributed by atoms with Gasteiger partial charge in [0.1, 0.15) is 11.6 Å². The Morgan fingerprint density at radius 3 is 2.20 bits per heavy atom. The van der Waals surface area contributed by atoms with Crippen LogP contribution in [-0.4, -0.2) is 16.0 Å². The van der Waals surface area contributed by atoms with Crippen LogP contribution in [0.4, 0.5) is 17.3 Å². The van der Waals surface area contributed by atoms with E-state index in [0.29, 0.717) is 12.0 Å². The van der Waals surface area contributed by atoms with Crippen LogP contribution in [0.1, 0.15) is 27.2 Å². The maximum atomic E-state index is 4.39. The SMILES string of the molecule is CC(C)CC(C)Nc1cnc(Nc2ccccc2)cn1. The number of rotatable bonds is 6. The summed E-state index contributed by atoms with van der Waals surface area (Å²) in [5.41, 5.74) is 1.01. The first-order chi connectivity index (χ1) is 9.63. The van der Waals surface area contributed by atoms with Crippen LogP contribution in [0.2, 0.25) is 0 Å². The molecule has 106 valence electrons. The zero-order chi connectivity index (χ0) is 14.4. The highest BCUT2D eigenvalue weighted by molar-refractivity contribution is 5.55. The molecule has 1 aromatic carbocycles. The number of aromatic nitrogens is 2. The van der Waals surface area contributed by atoms with Crippen LogP contribution in [0.5, 0.6) is 0 Å². The molecule has 0 spiro atoms. The van der Waals surface area contributed by atoms with Crippen molar-refractivity contribution in [2.75, 3.05) is 10.6 Å². The quantitative estimate of drug-likeness (QED) is 0.831. The fraction of sp³-hybridized carbons (Fsp3) is 0.375. The Morgan fingerprint density at radius 1 is 0.950 bits per heavy atom. The van der Waals surface area contributed by atoms with Gasteiger partial charge in [0.25, 0.3) is 0 Å². The fourth-order valence-corrected chi connectivity index (χ4v) is 2.15. The van der Waals surface area contributed by atoms with E-state index in [1.54, 1.807) is 12.4 Å². The molecule has 0 aliphatic carbocycles. The van der Waals surface area contributed by atoms with E-state index in [2.05, 4.69) is 41.4 Å². The summed E-state index contributed by atoms with van der Waals surface area (Å²) < 4.78 is 0. The number of hydrogen-bond acceptors (Lipinski definition) is 4. The zero-order valence-corrected chi connectivity index (χ0v) is 12.3. The lowest BCUT2D eigenvalue weighted by Gasteiger charge is -2.16. The first-order valence-corrected chi connectivity index (χ1v) is 7.04. The minimum absolute atomic E-state index is 0.400. The van der Waals surface area contributed by atoms with Gasteiger partial charge in [-0.25, -0.2) is 9.97 Å². The van der Waals surface area contributed by atoms with Crippen LogP contribution in [0.25, 0.3) is 0 Å². The second-order valence-corrected chi connectivity index (χ2v) is 5.45. The van der Waals surface area contributed by atoms with Crippen molar-refractivity contribution in [2.24, 2.45) is 5.92 Å². The second-order valence-electron chi connectivity index (χ2n) is 5.45. The summed E-state index contributed by atoms with van der Waals surface area (Å²) >= 11 is 0. The predicted molar refractivity (Wildman–Crippen MR) is 84.3 cm³/mol. The molecule has 20 heavy (non-hydrogen) atoms. The monoisotopic (exact) mass is 270 g/mol. The molecule has 2 aromatic rings. The standard InChI is InChI=1S/C16H22N4/c1-12(2)9-13(3)19-15-10-18-16(11-17-15)20-14-7-5-4-6-8-14/h4-8,10-13H,9H2,1-3H3,(H,17,19)(H,18,20). The Morgan fingerprint density at radius 2 is 1.60 bits per heavy atom. The highest BCUT2D eigenvalue weighted by Crippen LogP contribution is 2.15. The van der Waals surface area contributed by atoms with Crippen LogP contribution in [0, 0.1) is 5.92 Å². The number of nitrogens with zero attached hydrogens (tertiary/aromatic N) is 2. The number of anilines is 3. The van der Waals surface area contributed by atoms with Crippen molar-refractivity contribution in [1.29, 1.82) is 0 Å². The van der Waals surface area contributed by atoms with Crippen molar-refractivity contribution in [3.8, 4) is 0 Å². The average Bonchev–Trinajstić information content (AvgIpc) is 2.41. The largest absolute Gasteiger partial charge is 0.366 e. The Bertz CT molecular complexity index is 508. The lowest BCUT2D eigenvalue weighted by Crippen LogP contribution is -2.18. The van der Waals surface area contributed by atoms with Crippen molar-refractivity contribution in [2.45, 2.75) is 33.2 Å². The summed E-state index contributed by atoms with van der Waals surface area (Å²) in [5, 5.41) is 6.58. The van der Waals surface area contributed by atoms with Crippen LogP contribution in [-0.2, 0) is 0 Å². The Kier molecular flexibility index (Phi) is 4.93. The van der Waals surface area contributed by atoms with Crippen LogP contribution in [0.15, 0.2) is 42.7 Å². The van der Waals surface area contributed by atoms with E-state index in [0.717, 1.165) is 23.7 Å². The molecule has 4 heteroatoms. The molecule has 1 atom stereocenters. The zero-order valence-electron chi connectivity index (χ0n) is 12.3. The molecule has 0 saturated carbocycles. The van der Waals surface area contributed by atoms with Gasteiger partial charge < -0.3 is 10.6 Å². The van der Waals surface area contributed by atoms with Crippen molar-refractivity contribution in [3.05, 3.63) is 42.7 Å². The van der Waals surface area contributed by atoms with Crippen molar-refractivity contribution >= 4 is 17.3 Å². The molecule has 1 aromatic heterocycles. The smallest absolute Gasteiger partial charge is 0.149 e. The van der Waals surface area contributed by atoms with E-state index < -0.39 is 0 Å². The van der Waals surface area contributed by atoms with Crippen molar-refractivity contribution < 1.29 is 0 Å². The maximum Gasteiger partial charge on any atom is 0.149 e. The lowest BCUT2D eigenvalue weighted by atomic mass is 10.1. The van der Waals surface area contributed by atoms with Crippen LogP contribution < -0.4 is 10.6 Å². The Hall–Kier alpha value is -2.10. The highest BCUT2D eigenvalue weighted by Gasteiger charge is 2.06. The van der Waals surface area contributed by atoms with E-state index in [1.807, 2.05) is 30.3 Å². The first kappa shape index (κ1) is 14.3. The molecule has 0 saturated heterocycles. The molecule has 1 unspecified atom stereocenters. The second kappa shape index (κ2) is 6.89. The molecule has 0 bridgehead atoms. The minimum Gasteiger partial charge on any atom is -0.366 e. The number of hydrogen-bond donors (Lipinski definition) is 2. The minimum atomic E-state index is 0.400. The molecular weight excluding hydrogens is 248 g/mol. The van der Waals surface area contributed by atoms with E-state index in [1.165, 1.54) is 0 Å². The van der Waals surface area contributed by atoms with Crippen molar-refractivity contribution in [1.82, 2.24) is 9.97 Å². The summed E-state index contributed by atoms with van der Waals surface area (Å²) in [6.45, 7) is 6.60. The van der Waals surface area contributed by atoms with Gasteiger partial charge in [0.2, 0.25) is 0 Å². The molecular formula is C16H22N4. The van der Waals surface area contributed by atoms with Gasteiger partial charge in [-0.3, -0.25) is 0 Å². The molecule has 2 N–H and O–H groups in total. The summed E-state index contributed by atoms with van der Waals surface area (Å²) in [7, 11) is 0. The third kappa shape index (κ3) is 4.53. The van der Waals surface area contributed by atoms with Gasteiger partial charge in [0.15, 0.2) is 0 Å². The van der Waals surface area contributed by atoms with Crippen molar-refractivity contribution in [3.63, 3.8) is 0 Å². The molecule has 0 aliphatic heterocycles. The number of para-hydroxylation sites is 1. The summed E-state index contributed by atoms with van der Waals surface area (Å²) in [6, 6.07) is 10.4. The molecule has 4 nitrogen and oxygen atoms in total. The van der Waals surface area contributed by atoms with Gasteiger partial charge in [-0.2, -0.15) is 0 Å². The normalized spacial score (nSPS) is 12.2. The van der Waals surface area contributed by atoms with Crippen LogP contribution in [0.3, 0.4) is 0 Å². The third-order valence-corrected chi connectivity index (χ3v) is 2.92. The molecule has 0 aliphatic rings. The van der Waals surface area contributed by atoms with Gasteiger partial charge in [0.05, 0.1) is 12.4 Å². The van der Waals surface area contributed by atoms with Gasteiger partial charge in [-0.15, -0.1) is 0 Å². The van der Waals surface area contributed by atoms with E-state index >= 15 is 0 Å². The van der Waals surface area contributed by atoms with Gasteiger partial charge in [0, 0.05) is 11.7 Å². The summed E-state index contributed by atoms with van der Waals surface area (Å²) in [5.74, 6) is 2.24. The third-order valence-electron chi connectivity index (χ3n) is 2.92. The van der Waals surface area contributed by atoms with E-state index in [4.69, 9.17) is 0 Å². The van der Waals surface area contributed by atoms with E-state index in [9.17, 15) is 0 Å². The molecule has 1 heterocycles. The van der Waals surface area contributed by atoms with Gasteiger partial charge >= 0.3 is 0 Å². The number of benzene rings is 1. The average molecular weight is 270 g/mol. The first-order valence-electron chi connectivity index (χ1n) is 7.04.